The van der Waals surface area contributed by atoms with Gasteiger partial charge >= 0.3 is 0 Å². The van der Waals surface area contributed by atoms with Crippen LogP contribution in [-0.4, -0.2) is 62.1 Å². The Kier molecular flexibility index (Phi) is 7.24. The highest BCUT2D eigenvalue weighted by Crippen LogP contribution is 2.25. The van der Waals surface area contributed by atoms with E-state index in [0.29, 0.717) is 21.7 Å². The van der Waals surface area contributed by atoms with Crippen LogP contribution in [-0.2, 0) is 0 Å². The molecule has 1 heterocycles. The molecule has 0 aliphatic rings. The molecule has 0 unspecified atom stereocenters. The lowest BCUT2D eigenvalue weighted by Gasteiger charge is -2.24. The Balaban J connectivity index is 2.15. The first kappa shape index (κ1) is 21.2. The Morgan fingerprint density at radius 2 is 1.74 bits per heavy atom. The van der Waals surface area contributed by atoms with Crippen LogP contribution >= 0.6 is 23.2 Å². The van der Waals surface area contributed by atoms with E-state index in [9.17, 15) is 0 Å². The SMILES string of the molecule is Cc1cc(N(C)CCN(C)C)nc(N(C)C(=N)Nc2ccc(Cl)c(Cl)c2)n1. The number of aryl methyl sites for hydroxylation is 1. The van der Waals surface area contributed by atoms with E-state index in [2.05, 4.69) is 25.1 Å². The second-order valence-corrected chi connectivity index (χ2v) is 7.37. The van der Waals surface area contributed by atoms with Crippen molar-refractivity contribution in [1.82, 2.24) is 14.9 Å². The van der Waals surface area contributed by atoms with Gasteiger partial charge in [0.1, 0.15) is 5.82 Å². The number of likely N-dealkylation sites (N-methyl/N-ethyl adjacent to an activating group) is 2. The van der Waals surface area contributed by atoms with E-state index in [1.807, 2.05) is 34.1 Å². The van der Waals surface area contributed by atoms with E-state index in [-0.39, 0.29) is 5.96 Å². The number of anilines is 3. The highest BCUT2D eigenvalue weighted by Gasteiger charge is 2.14. The number of rotatable bonds is 6. The fourth-order valence-electron chi connectivity index (χ4n) is 2.24. The van der Waals surface area contributed by atoms with Crippen LogP contribution in [0.4, 0.5) is 17.5 Å². The molecule has 0 aliphatic heterocycles. The lowest BCUT2D eigenvalue weighted by atomic mass is 10.3. The largest absolute Gasteiger partial charge is 0.358 e. The smallest absolute Gasteiger partial charge is 0.234 e. The van der Waals surface area contributed by atoms with E-state index in [1.165, 1.54) is 0 Å². The van der Waals surface area contributed by atoms with Crippen molar-refractivity contribution in [3.05, 3.63) is 40.0 Å². The predicted octanol–water partition coefficient (Wildman–Crippen LogP) is 3.57. The van der Waals surface area contributed by atoms with Gasteiger partial charge in [0.15, 0.2) is 0 Å². The number of nitrogens with zero attached hydrogens (tertiary/aromatic N) is 5. The van der Waals surface area contributed by atoms with Crippen molar-refractivity contribution in [3.8, 4) is 0 Å². The maximum atomic E-state index is 8.32. The van der Waals surface area contributed by atoms with Gasteiger partial charge in [0.2, 0.25) is 11.9 Å². The third kappa shape index (κ3) is 5.95. The molecule has 0 saturated heterocycles. The van der Waals surface area contributed by atoms with Crippen molar-refractivity contribution in [1.29, 1.82) is 5.41 Å². The summed E-state index contributed by atoms with van der Waals surface area (Å²) in [6, 6.07) is 7.04. The number of halogens is 2. The van der Waals surface area contributed by atoms with Crippen LogP contribution < -0.4 is 15.1 Å². The Labute approximate surface area is 170 Å². The van der Waals surface area contributed by atoms with Crippen molar-refractivity contribution in [2.75, 3.05) is 56.4 Å². The van der Waals surface area contributed by atoms with Crippen molar-refractivity contribution in [2.45, 2.75) is 6.92 Å². The molecule has 7 nitrogen and oxygen atoms in total. The fraction of sp³-hybridized carbons (Fsp3) is 0.389. The molecule has 2 N–H and O–H groups in total. The first-order chi connectivity index (χ1) is 12.7. The molecule has 1 aromatic carbocycles. The minimum Gasteiger partial charge on any atom is -0.358 e. The van der Waals surface area contributed by atoms with Crippen LogP contribution in [0.1, 0.15) is 5.69 Å². The number of benzene rings is 1. The Morgan fingerprint density at radius 3 is 2.37 bits per heavy atom. The molecule has 27 heavy (non-hydrogen) atoms. The third-order valence-corrected chi connectivity index (χ3v) is 4.66. The van der Waals surface area contributed by atoms with Gasteiger partial charge in [0.25, 0.3) is 0 Å². The number of hydrogen-bond acceptors (Lipinski definition) is 5. The molecule has 9 heteroatoms. The highest BCUT2D eigenvalue weighted by atomic mass is 35.5. The monoisotopic (exact) mass is 409 g/mol. The standard InChI is InChI=1S/C18H25Cl2N7/c1-12-10-16(26(4)9-8-25(2)3)24-18(22-12)27(5)17(21)23-13-6-7-14(19)15(20)11-13/h6-7,10-11H,8-9H2,1-5H3,(H2,21,23). The van der Waals surface area contributed by atoms with E-state index in [1.54, 1.807) is 30.1 Å². The summed E-state index contributed by atoms with van der Waals surface area (Å²) in [7, 11) is 7.81. The highest BCUT2D eigenvalue weighted by molar-refractivity contribution is 6.42. The summed E-state index contributed by atoms with van der Waals surface area (Å²) in [5, 5.41) is 12.2. The lowest BCUT2D eigenvalue weighted by Crippen LogP contribution is -2.34. The molecule has 146 valence electrons. The van der Waals surface area contributed by atoms with E-state index >= 15 is 0 Å². The molecule has 0 amide bonds. The normalized spacial score (nSPS) is 10.8. The third-order valence-electron chi connectivity index (χ3n) is 3.92. The Bertz CT molecular complexity index is 810. The average Bonchev–Trinajstić information content (AvgIpc) is 2.61. The van der Waals surface area contributed by atoms with E-state index in [0.717, 1.165) is 24.6 Å². The van der Waals surface area contributed by atoms with Crippen LogP contribution in [0.15, 0.2) is 24.3 Å². The molecular weight excluding hydrogens is 385 g/mol. The number of aromatic nitrogens is 2. The van der Waals surface area contributed by atoms with Gasteiger partial charge in [-0.05, 0) is 39.2 Å². The zero-order valence-corrected chi connectivity index (χ0v) is 17.7. The first-order valence-electron chi connectivity index (χ1n) is 8.43. The quantitative estimate of drug-likeness (QED) is 0.561. The van der Waals surface area contributed by atoms with Crippen LogP contribution in [0.25, 0.3) is 0 Å². The first-order valence-corrected chi connectivity index (χ1v) is 9.19. The maximum Gasteiger partial charge on any atom is 0.234 e. The Morgan fingerprint density at radius 1 is 1.04 bits per heavy atom. The Hall–Kier alpha value is -2.09. The summed E-state index contributed by atoms with van der Waals surface area (Å²) >= 11 is 12.0. The average molecular weight is 410 g/mol. The minimum absolute atomic E-state index is 0.126. The molecule has 0 spiro atoms. The van der Waals surface area contributed by atoms with Crippen molar-refractivity contribution in [2.24, 2.45) is 0 Å². The summed E-state index contributed by atoms with van der Waals surface area (Å²) < 4.78 is 0. The van der Waals surface area contributed by atoms with Gasteiger partial charge in [0, 0.05) is 44.6 Å². The molecule has 0 atom stereocenters. The topological polar surface area (TPSA) is 71.4 Å². The molecule has 0 aliphatic carbocycles. The number of nitrogens with one attached hydrogen (secondary N) is 2. The van der Waals surface area contributed by atoms with E-state index < -0.39 is 0 Å². The molecule has 2 rings (SSSR count). The molecule has 0 saturated carbocycles. The van der Waals surface area contributed by atoms with Gasteiger partial charge in [-0.2, -0.15) is 4.98 Å². The van der Waals surface area contributed by atoms with Gasteiger partial charge in [-0.25, -0.2) is 4.98 Å². The van der Waals surface area contributed by atoms with Crippen molar-refractivity contribution >= 4 is 46.6 Å². The van der Waals surface area contributed by atoms with Crippen LogP contribution in [0.5, 0.6) is 0 Å². The predicted molar refractivity (Wildman–Crippen MR) is 115 cm³/mol. The zero-order chi connectivity index (χ0) is 20.1. The van der Waals surface area contributed by atoms with Crippen LogP contribution in [0.3, 0.4) is 0 Å². The summed E-state index contributed by atoms with van der Waals surface area (Å²) in [6.45, 7) is 3.67. The van der Waals surface area contributed by atoms with Crippen molar-refractivity contribution in [3.63, 3.8) is 0 Å². The molecule has 0 bridgehead atoms. The second kappa shape index (κ2) is 9.21. The summed E-state index contributed by atoms with van der Waals surface area (Å²) in [4.78, 5) is 14.8. The maximum absolute atomic E-state index is 8.32. The molecule has 0 radical (unpaired) electrons. The lowest BCUT2D eigenvalue weighted by molar-refractivity contribution is 0.416. The molecule has 0 fully saturated rings. The summed E-state index contributed by atoms with van der Waals surface area (Å²) in [5.74, 6) is 1.38. The van der Waals surface area contributed by atoms with Gasteiger partial charge in [-0.1, -0.05) is 23.2 Å². The molecule has 1 aromatic heterocycles. The molecular formula is C18H25Cl2N7. The van der Waals surface area contributed by atoms with Crippen LogP contribution in [0.2, 0.25) is 10.0 Å². The van der Waals surface area contributed by atoms with Gasteiger partial charge in [0.05, 0.1) is 10.0 Å². The fourth-order valence-corrected chi connectivity index (χ4v) is 2.54. The molecule has 2 aromatic rings. The number of guanidine groups is 1. The van der Waals surface area contributed by atoms with E-state index in [4.69, 9.17) is 28.6 Å². The summed E-state index contributed by atoms with van der Waals surface area (Å²) in [6.07, 6.45) is 0. The minimum atomic E-state index is 0.126. The number of hydrogen-bond donors (Lipinski definition) is 2. The zero-order valence-electron chi connectivity index (χ0n) is 16.2. The summed E-state index contributed by atoms with van der Waals surface area (Å²) in [5.41, 5.74) is 1.50. The second-order valence-electron chi connectivity index (χ2n) is 6.55. The van der Waals surface area contributed by atoms with Gasteiger partial charge in [-0.3, -0.25) is 10.3 Å². The van der Waals surface area contributed by atoms with Gasteiger partial charge < -0.3 is 15.1 Å². The van der Waals surface area contributed by atoms with Gasteiger partial charge in [-0.15, -0.1) is 0 Å². The van der Waals surface area contributed by atoms with Crippen LogP contribution in [0, 0.1) is 12.3 Å². The van der Waals surface area contributed by atoms with Crippen molar-refractivity contribution < 1.29 is 0 Å².